The van der Waals surface area contributed by atoms with Gasteiger partial charge in [-0.2, -0.15) is 0 Å². The van der Waals surface area contributed by atoms with Gasteiger partial charge in [-0.3, -0.25) is 0 Å². The maximum Gasteiger partial charge on any atom is 0.126 e. The number of hydrogen-bond donors (Lipinski definition) is 1. The molecule has 0 radical (unpaired) electrons. The molecule has 3 heteroatoms. The van der Waals surface area contributed by atoms with Gasteiger partial charge in [-0.15, -0.1) is 6.58 Å². The first-order valence-corrected chi connectivity index (χ1v) is 3.88. The van der Waals surface area contributed by atoms with Gasteiger partial charge in [0, 0.05) is 6.07 Å². The lowest BCUT2D eigenvalue weighted by Crippen LogP contribution is -1.97. The lowest BCUT2D eigenvalue weighted by Gasteiger charge is -2.07. The van der Waals surface area contributed by atoms with Crippen LogP contribution in [-0.2, 0) is 0 Å². The van der Waals surface area contributed by atoms with Crippen molar-refractivity contribution in [1.29, 1.82) is 0 Å². The van der Waals surface area contributed by atoms with Gasteiger partial charge in [0.1, 0.15) is 11.6 Å². The first-order valence-electron chi connectivity index (χ1n) is 3.88. The van der Waals surface area contributed by atoms with Gasteiger partial charge >= 0.3 is 0 Å². The van der Waals surface area contributed by atoms with Crippen LogP contribution < -0.4 is 0 Å². The summed E-state index contributed by atoms with van der Waals surface area (Å²) in [6.45, 7) is 3.42. The molecule has 0 bridgehead atoms. The summed E-state index contributed by atoms with van der Waals surface area (Å²) in [6, 6.07) is 2.98. The molecule has 1 N–H and O–H groups in total. The van der Waals surface area contributed by atoms with Crippen molar-refractivity contribution in [2.75, 3.05) is 0 Å². The zero-order chi connectivity index (χ0) is 9.84. The minimum absolute atomic E-state index is 0.234. The van der Waals surface area contributed by atoms with Crippen molar-refractivity contribution in [1.82, 2.24) is 0 Å². The zero-order valence-corrected chi connectivity index (χ0v) is 7.00. The van der Waals surface area contributed by atoms with E-state index in [-0.39, 0.29) is 12.0 Å². The van der Waals surface area contributed by atoms with Crippen LogP contribution in [0.2, 0.25) is 0 Å². The predicted molar refractivity (Wildman–Crippen MR) is 46.1 cm³/mol. The van der Waals surface area contributed by atoms with E-state index in [0.717, 1.165) is 18.2 Å². The molecular formula is C10H10F2O. The van der Waals surface area contributed by atoms with E-state index in [1.807, 2.05) is 0 Å². The monoisotopic (exact) mass is 184 g/mol. The number of rotatable bonds is 3. The van der Waals surface area contributed by atoms with Gasteiger partial charge in [-0.05, 0) is 24.1 Å². The molecule has 0 heterocycles. The summed E-state index contributed by atoms with van der Waals surface area (Å²) in [7, 11) is 0. The molecule has 70 valence electrons. The van der Waals surface area contributed by atoms with Crippen LogP contribution in [-0.4, -0.2) is 5.11 Å². The second-order valence-corrected chi connectivity index (χ2v) is 2.74. The molecule has 1 atom stereocenters. The second kappa shape index (κ2) is 4.14. The Bertz CT molecular complexity index is 290. The lowest BCUT2D eigenvalue weighted by molar-refractivity contribution is 0.180. The Kier molecular flexibility index (Phi) is 3.14. The summed E-state index contributed by atoms with van der Waals surface area (Å²) in [4.78, 5) is 0. The minimum atomic E-state index is -0.886. The van der Waals surface area contributed by atoms with Gasteiger partial charge in [0.15, 0.2) is 0 Å². The van der Waals surface area contributed by atoms with Crippen LogP contribution in [0.1, 0.15) is 18.1 Å². The average Bonchev–Trinajstić information content (AvgIpc) is 2.03. The van der Waals surface area contributed by atoms with Crippen LogP contribution in [0.25, 0.3) is 0 Å². The fourth-order valence-electron chi connectivity index (χ4n) is 1.06. The number of halogens is 2. The summed E-state index contributed by atoms with van der Waals surface area (Å²) in [5.74, 6) is -1.36. The number of aliphatic hydroxyl groups excluding tert-OH is 1. The van der Waals surface area contributed by atoms with Crippen molar-refractivity contribution in [3.63, 3.8) is 0 Å². The van der Waals surface area contributed by atoms with Gasteiger partial charge < -0.3 is 5.11 Å². The normalized spacial score (nSPS) is 12.5. The van der Waals surface area contributed by atoms with E-state index >= 15 is 0 Å². The van der Waals surface area contributed by atoms with Crippen LogP contribution in [0.5, 0.6) is 0 Å². The number of benzene rings is 1. The molecule has 0 amide bonds. The Morgan fingerprint density at radius 1 is 1.31 bits per heavy atom. The first-order chi connectivity index (χ1) is 6.13. The maximum atomic E-state index is 12.7. The predicted octanol–water partition coefficient (Wildman–Crippen LogP) is 2.57. The van der Waals surface area contributed by atoms with Crippen LogP contribution >= 0.6 is 0 Å². The molecule has 1 aromatic rings. The fraction of sp³-hybridized carbons (Fsp3) is 0.200. The summed E-state index contributed by atoms with van der Waals surface area (Å²) in [6.07, 6.45) is 0.888. The Labute approximate surface area is 75.3 Å². The lowest BCUT2D eigenvalue weighted by atomic mass is 10.1. The van der Waals surface area contributed by atoms with Gasteiger partial charge in [-0.25, -0.2) is 8.78 Å². The summed E-state index contributed by atoms with van der Waals surface area (Å²) < 4.78 is 25.3. The molecule has 0 aliphatic heterocycles. The van der Waals surface area contributed by atoms with E-state index in [9.17, 15) is 13.9 Å². The molecule has 13 heavy (non-hydrogen) atoms. The Morgan fingerprint density at radius 2 is 1.85 bits per heavy atom. The molecule has 0 spiro atoms. The summed E-state index contributed by atoms with van der Waals surface area (Å²) >= 11 is 0. The van der Waals surface area contributed by atoms with E-state index in [0.29, 0.717) is 0 Å². The van der Waals surface area contributed by atoms with Crippen LogP contribution in [0.4, 0.5) is 8.78 Å². The highest BCUT2D eigenvalue weighted by Gasteiger charge is 2.08. The molecule has 0 aliphatic rings. The maximum absolute atomic E-state index is 12.7. The van der Waals surface area contributed by atoms with Crippen LogP contribution in [0, 0.1) is 11.6 Å². The van der Waals surface area contributed by atoms with Gasteiger partial charge in [-0.1, -0.05) is 6.08 Å². The number of hydrogen-bond acceptors (Lipinski definition) is 1. The Morgan fingerprint density at radius 3 is 2.31 bits per heavy atom. The van der Waals surface area contributed by atoms with E-state index in [1.54, 1.807) is 0 Å². The Balaban J connectivity index is 2.93. The SMILES string of the molecule is C=CC[C@@H](O)c1cc(F)cc(F)c1. The van der Waals surface area contributed by atoms with Crippen LogP contribution in [0.3, 0.4) is 0 Å². The van der Waals surface area contributed by atoms with E-state index in [4.69, 9.17) is 0 Å². The molecule has 0 saturated heterocycles. The molecular weight excluding hydrogens is 174 g/mol. The molecule has 1 rings (SSSR count). The third kappa shape index (κ3) is 2.63. The number of aliphatic hydroxyl groups is 1. The van der Waals surface area contributed by atoms with Crippen molar-refractivity contribution in [2.45, 2.75) is 12.5 Å². The van der Waals surface area contributed by atoms with E-state index in [2.05, 4.69) is 6.58 Å². The van der Waals surface area contributed by atoms with Gasteiger partial charge in [0.05, 0.1) is 6.10 Å². The smallest absolute Gasteiger partial charge is 0.126 e. The van der Waals surface area contributed by atoms with Gasteiger partial charge in [0.25, 0.3) is 0 Å². The molecule has 0 unspecified atom stereocenters. The standard InChI is InChI=1S/C10H10F2O/c1-2-3-10(13)7-4-8(11)6-9(12)5-7/h2,4-6,10,13H,1,3H2/t10-/m1/s1. The Hall–Kier alpha value is -1.22. The molecule has 0 saturated carbocycles. The average molecular weight is 184 g/mol. The highest BCUT2D eigenvalue weighted by Crippen LogP contribution is 2.18. The van der Waals surface area contributed by atoms with Crippen molar-refractivity contribution in [3.05, 3.63) is 48.1 Å². The van der Waals surface area contributed by atoms with Crippen molar-refractivity contribution in [2.24, 2.45) is 0 Å². The zero-order valence-electron chi connectivity index (χ0n) is 7.00. The first kappa shape index (κ1) is 9.86. The van der Waals surface area contributed by atoms with Crippen molar-refractivity contribution in [3.8, 4) is 0 Å². The van der Waals surface area contributed by atoms with Crippen molar-refractivity contribution >= 4 is 0 Å². The van der Waals surface area contributed by atoms with Crippen molar-refractivity contribution < 1.29 is 13.9 Å². The molecule has 1 aromatic carbocycles. The fourth-order valence-corrected chi connectivity index (χ4v) is 1.06. The second-order valence-electron chi connectivity index (χ2n) is 2.74. The largest absolute Gasteiger partial charge is 0.388 e. The highest BCUT2D eigenvalue weighted by atomic mass is 19.1. The quantitative estimate of drug-likeness (QED) is 0.716. The topological polar surface area (TPSA) is 20.2 Å². The summed E-state index contributed by atoms with van der Waals surface area (Å²) in [5, 5.41) is 9.36. The summed E-state index contributed by atoms with van der Waals surface area (Å²) in [5.41, 5.74) is 0.234. The molecule has 0 fully saturated rings. The third-order valence-corrected chi connectivity index (χ3v) is 1.66. The van der Waals surface area contributed by atoms with Gasteiger partial charge in [0.2, 0.25) is 0 Å². The molecule has 0 aromatic heterocycles. The highest BCUT2D eigenvalue weighted by molar-refractivity contribution is 5.20. The van der Waals surface area contributed by atoms with E-state index in [1.165, 1.54) is 6.08 Å². The van der Waals surface area contributed by atoms with Crippen LogP contribution in [0.15, 0.2) is 30.9 Å². The van der Waals surface area contributed by atoms with E-state index < -0.39 is 17.7 Å². The molecule has 1 nitrogen and oxygen atoms in total. The minimum Gasteiger partial charge on any atom is -0.388 e. The molecule has 0 aliphatic carbocycles. The third-order valence-electron chi connectivity index (χ3n) is 1.66.